The van der Waals surface area contributed by atoms with E-state index in [1.165, 1.54) is 33.1 Å². The average molecular weight is 424 g/mol. The van der Waals surface area contributed by atoms with Gasteiger partial charge in [-0.15, -0.1) is 0 Å². The summed E-state index contributed by atoms with van der Waals surface area (Å²) in [5.41, 5.74) is 0.472. The molecule has 0 bridgehead atoms. The van der Waals surface area contributed by atoms with Crippen LogP contribution in [-0.2, 0) is 14.3 Å². The number of anilines is 1. The first-order valence-corrected chi connectivity index (χ1v) is 8.97. The summed E-state index contributed by atoms with van der Waals surface area (Å²) < 4.78 is 24.5. The Labute approximate surface area is 171 Å². The molecule has 146 valence electrons. The minimum absolute atomic E-state index is 0.0417. The van der Waals surface area contributed by atoms with Crippen molar-refractivity contribution in [3.8, 4) is 5.75 Å². The van der Waals surface area contributed by atoms with Gasteiger partial charge in [-0.3, -0.25) is 4.79 Å². The third-order valence-electron chi connectivity index (χ3n) is 4.16. The summed E-state index contributed by atoms with van der Waals surface area (Å²) in [6, 6.07) is 7.38. The molecule has 2 aromatic carbocycles. The normalized spacial score (nSPS) is 14.6. The van der Waals surface area contributed by atoms with Gasteiger partial charge in [0.1, 0.15) is 11.6 Å². The van der Waals surface area contributed by atoms with Crippen molar-refractivity contribution in [3.63, 3.8) is 0 Å². The number of esters is 1. The number of halogens is 3. The standard InChI is InChI=1S/C20H16Cl2FNO4/c1-20(2,19(26)27-3)28-17-9-15(23)14(22)7-10(17)6-13-12-5-4-11(21)8-16(12)24-18(13)25/h4-9H,1-3H3,(H,24,25). The molecule has 0 aromatic heterocycles. The summed E-state index contributed by atoms with van der Waals surface area (Å²) >= 11 is 11.9. The largest absolute Gasteiger partial charge is 0.475 e. The van der Waals surface area contributed by atoms with Crippen LogP contribution >= 0.6 is 23.2 Å². The van der Waals surface area contributed by atoms with Crippen LogP contribution in [0.15, 0.2) is 30.3 Å². The van der Waals surface area contributed by atoms with Crippen LogP contribution < -0.4 is 10.1 Å². The smallest absolute Gasteiger partial charge is 0.349 e. The second-order valence-corrected chi connectivity index (χ2v) is 7.45. The number of hydrogen-bond acceptors (Lipinski definition) is 4. The van der Waals surface area contributed by atoms with Gasteiger partial charge in [0.2, 0.25) is 0 Å². The van der Waals surface area contributed by atoms with E-state index in [2.05, 4.69) is 5.32 Å². The molecule has 0 fully saturated rings. The van der Waals surface area contributed by atoms with Crippen molar-refractivity contribution in [1.29, 1.82) is 0 Å². The van der Waals surface area contributed by atoms with Gasteiger partial charge in [0.25, 0.3) is 5.91 Å². The van der Waals surface area contributed by atoms with E-state index in [1.807, 2.05) is 0 Å². The molecular formula is C20H16Cl2FNO4. The highest BCUT2D eigenvalue weighted by Crippen LogP contribution is 2.38. The average Bonchev–Trinajstić information content (AvgIpc) is 2.92. The quantitative estimate of drug-likeness (QED) is 0.557. The van der Waals surface area contributed by atoms with Crippen LogP contribution in [0.3, 0.4) is 0 Å². The van der Waals surface area contributed by atoms with Gasteiger partial charge in [-0.1, -0.05) is 29.3 Å². The van der Waals surface area contributed by atoms with Crippen LogP contribution in [0.4, 0.5) is 10.1 Å². The Balaban J connectivity index is 2.10. The van der Waals surface area contributed by atoms with Crippen LogP contribution in [0.25, 0.3) is 11.6 Å². The van der Waals surface area contributed by atoms with Gasteiger partial charge in [0, 0.05) is 27.8 Å². The summed E-state index contributed by atoms with van der Waals surface area (Å²) in [5.74, 6) is -1.67. The van der Waals surface area contributed by atoms with Gasteiger partial charge in [0.15, 0.2) is 5.60 Å². The molecule has 1 aliphatic heterocycles. The van der Waals surface area contributed by atoms with Gasteiger partial charge in [-0.25, -0.2) is 9.18 Å². The number of methoxy groups -OCH3 is 1. The minimum atomic E-state index is -1.38. The summed E-state index contributed by atoms with van der Waals surface area (Å²) in [6.45, 7) is 2.98. The van der Waals surface area contributed by atoms with E-state index >= 15 is 0 Å². The number of rotatable bonds is 4. The number of benzene rings is 2. The summed E-state index contributed by atoms with van der Waals surface area (Å²) in [4.78, 5) is 24.3. The zero-order chi connectivity index (χ0) is 20.6. The second kappa shape index (κ2) is 7.45. The summed E-state index contributed by atoms with van der Waals surface area (Å²) in [6.07, 6.45) is 1.52. The van der Waals surface area contributed by atoms with E-state index in [9.17, 15) is 14.0 Å². The maximum Gasteiger partial charge on any atom is 0.349 e. The zero-order valence-corrected chi connectivity index (χ0v) is 16.7. The number of nitrogens with one attached hydrogen (secondary N) is 1. The maximum atomic E-state index is 14.0. The molecule has 2 aromatic rings. The molecule has 5 nitrogen and oxygen atoms in total. The molecule has 1 N–H and O–H groups in total. The molecular weight excluding hydrogens is 408 g/mol. The maximum absolute atomic E-state index is 14.0. The molecule has 0 spiro atoms. The SMILES string of the molecule is COC(=O)C(C)(C)Oc1cc(F)c(Cl)cc1C=C1C(=O)Nc2cc(Cl)ccc21. The van der Waals surface area contributed by atoms with Crippen LogP contribution in [-0.4, -0.2) is 24.6 Å². The summed E-state index contributed by atoms with van der Waals surface area (Å²) in [7, 11) is 1.23. The van der Waals surface area contributed by atoms with Gasteiger partial charge in [0.05, 0.1) is 17.8 Å². The van der Waals surface area contributed by atoms with Gasteiger partial charge in [-0.05, 0) is 38.1 Å². The van der Waals surface area contributed by atoms with Crippen molar-refractivity contribution >= 4 is 52.4 Å². The lowest BCUT2D eigenvalue weighted by Crippen LogP contribution is -2.39. The number of ether oxygens (including phenoxy) is 2. The van der Waals surface area contributed by atoms with Crippen LogP contribution in [0.5, 0.6) is 5.75 Å². The Morgan fingerprint density at radius 2 is 1.93 bits per heavy atom. The fourth-order valence-corrected chi connectivity index (χ4v) is 3.12. The Bertz CT molecular complexity index is 1020. The number of carbonyl (C=O) groups is 2. The van der Waals surface area contributed by atoms with Gasteiger partial charge < -0.3 is 14.8 Å². The van der Waals surface area contributed by atoms with Crippen molar-refractivity contribution in [1.82, 2.24) is 0 Å². The number of fused-ring (bicyclic) bond motifs is 1. The number of amides is 1. The summed E-state index contributed by atoms with van der Waals surface area (Å²) in [5, 5.41) is 3.05. The van der Waals surface area contributed by atoms with E-state index in [4.69, 9.17) is 32.7 Å². The molecule has 1 heterocycles. The predicted octanol–water partition coefficient (Wildman–Crippen LogP) is 4.96. The first kappa shape index (κ1) is 20.2. The molecule has 28 heavy (non-hydrogen) atoms. The Hall–Kier alpha value is -2.57. The van der Waals surface area contributed by atoms with Crippen LogP contribution in [0.2, 0.25) is 10.0 Å². The molecule has 0 radical (unpaired) electrons. The topological polar surface area (TPSA) is 64.6 Å². The van der Waals surface area contributed by atoms with E-state index < -0.39 is 17.4 Å². The fraction of sp³-hybridized carbons (Fsp3) is 0.200. The van der Waals surface area contributed by atoms with Gasteiger partial charge in [-0.2, -0.15) is 0 Å². The van der Waals surface area contributed by atoms with Crippen LogP contribution in [0.1, 0.15) is 25.0 Å². The lowest BCUT2D eigenvalue weighted by atomic mass is 10.0. The first-order chi connectivity index (χ1) is 13.1. The molecule has 0 atom stereocenters. The molecule has 0 aliphatic carbocycles. The third-order valence-corrected chi connectivity index (χ3v) is 4.68. The number of hydrogen-bond donors (Lipinski definition) is 1. The zero-order valence-electron chi connectivity index (χ0n) is 15.2. The van der Waals surface area contributed by atoms with E-state index in [-0.39, 0.29) is 16.7 Å². The Morgan fingerprint density at radius 3 is 2.61 bits per heavy atom. The molecule has 0 saturated heterocycles. The van der Waals surface area contributed by atoms with Crippen molar-refractivity contribution in [2.45, 2.75) is 19.4 Å². The molecule has 3 rings (SSSR count). The predicted molar refractivity (Wildman–Crippen MR) is 106 cm³/mol. The van der Waals surface area contributed by atoms with E-state index in [0.717, 1.165) is 6.07 Å². The van der Waals surface area contributed by atoms with Crippen molar-refractivity contribution in [2.75, 3.05) is 12.4 Å². The number of carbonyl (C=O) groups excluding carboxylic acids is 2. The highest BCUT2D eigenvalue weighted by molar-refractivity contribution is 6.37. The molecule has 1 aliphatic rings. The van der Waals surface area contributed by atoms with Crippen molar-refractivity contribution in [2.24, 2.45) is 0 Å². The highest BCUT2D eigenvalue weighted by Gasteiger charge is 2.32. The Morgan fingerprint density at radius 1 is 1.21 bits per heavy atom. The molecule has 1 amide bonds. The van der Waals surface area contributed by atoms with Crippen LogP contribution in [0, 0.1) is 5.82 Å². The lowest BCUT2D eigenvalue weighted by Gasteiger charge is -2.24. The molecule has 8 heteroatoms. The second-order valence-electron chi connectivity index (χ2n) is 6.61. The highest BCUT2D eigenvalue weighted by atomic mass is 35.5. The molecule has 0 unspecified atom stereocenters. The van der Waals surface area contributed by atoms with Crippen molar-refractivity contribution in [3.05, 3.63) is 57.3 Å². The minimum Gasteiger partial charge on any atom is -0.475 e. The van der Waals surface area contributed by atoms with Gasteiger partial charge >= 0.3 is 5.97 Å². The molecule has 0 saturated carbocycles. The first-order valence-electron chi connectivity index (χ1n) is 8.22. The fourth-order valence-electron chi connectivity index (χ4n) is 2.77. The third kappa shape index (κ3) is 3.84. The lowest BCUT2D eigenvalue weighted by molar-refractivity contribution is -0.156. The van der Waals surface area contributed by atoms with E-state index in [1.54, 1.807) is 18.2 Å². The van der Waals surface area contributed by atoms with E-state index in [0.29, 0.717) is 27.4 Å². The Kier molecular flexibility index (Phi) is 5.37. The van der Waals surface area contributed by atoms with Crippen molar-refractivity contribution < 1.29 is 23.5 Å². The monoisotopic (exact) mass is 423 g/mol.